The molecule has 5 aromatic carbocycles. The van der Waals surface area contributed by atoms with Gasteiger partial charge in [-0.05, 0) is 198 Å². The maximum Gasteiger partial charge on any atom is 0.264 e. The Hall–Kier alpha value is -4.28. The van der Waals surface area contributed by atoms with Crippen molar-refractivity contribution in [1.82, 2.24) is 0 Å². The molecule has 0 radical (unpaired) electrons. The lowest BCUT2D eigenvalue weighted by Crippen LogP contribution is -2.61. The third-order valence-electron chi connectivity index (χ3n) is 18.9. The highest BCUT2D eigenvalue weighted by Gasteiger charge is 2.50. The molecule has 0 atom stereocenters. The van der Waals surface area contributed by atoms with Gasteiger partial charge >= 0.3 is 0 Å². The Kier molecular flexibility index (Phi) is 9.86. The Morgan fingerprint density at radius 2 is 0.928 bits per heavy atom. The van der Waals surface area contributed by atoms with E-state index in [9.17, 15) is 0 Å². The van der Waals surface area contributed by atoms with E-state index in [2.05, 4.69) is 225 Å². The van der Waals surface area contributed by atoms with Gasteiger partial charge in [0.05, 0.1) is 5.69 Å². The third kappa shape index (κ3) is 6.96. The molecular weight excluding hydrogens is 852 g/mol. The predicted octanol–water partition coefficient (Wildman–Crippen LogP) is 16.9. The molecule has 0 N–H and O–H groups in total. The number of aryl methyl sites for hydroxylation is 1. The van der Waals surface area contributed by atoms with Gasteiger partial charge in [0, 0.05) is 43.3 Å². The van der Waals surface area contributed by atoms with Crippen LogP contribution in [-0.4, -0.2) is 6.71 Å². The summed E-state index contributed by atoms with van der Waals surface area (Å²) in [5.74, 6) is 0. The van der Waals surface area contributed by atoms with Crippen molar-refractivity contribution in [1.29, 1.82) is 0 Å². The van der Waals surface area contributed by atoms with Gasteiger partial charge in [-0.1, -0.05) is 149 Å². The molecule has 0 spiro atoms. The lowest BCUT2D eigenvalue weighted by atomic mass is 9.35. The van der Waals surface area contributed by atoms with Crippen LogP contribution in [0.15, 0.2) is 72.8 Å². The topological polar surface area (TPSA) is 6.48 Å². The van der Waals surface area contributed by atoms with E-state index in [1.165, 1.54) is 137 Å². The maximum absolute atomic E-state index is 2.76. The molecule has 69 heavy (non-hydrogen) atoms. The zero-order valence-electron chi connectivity index (χ0n) is 46.1. The van der Waals surface area contributed by atoms with Crippen LogP contribution in [0, 0.1) is 6.92 Å². The summed E-state index contributed by atoms with van der Waals surface area (Å²) in [6.45, 7) is 46.7. The largest absolute Gasteiger partial charge is 0.311 e. The summed E-state index contributed by atoms with van der Waals surface area (Å²) < 4.78 is 2.91. The maximum atomic E-state index is 2.76. The molecule has 2 nitrogen and oxygen atoms in total. The van der Waals surface area contributed by atoms with Crippen LogP contribution in [0.3, 0.4) is 0 Å². The molecule has 0 fully saturated rings. The molecule has 2 aliphatic heterocycles. The number of benzene rings is 5. The zero-order chi connectivity index (χ0) is 49.7. The Balaban J connectivity index is 1.31. The number of fused-ring (bicyclic) bond motifs is 9. The minimum Gasteiger partial charge on any atom is -0.311 e. The average molecular weight is 933 g/mol. The normalized spacial score (nSPS) is 20.9. The quantitative estimate of drug-likeness (QED) is 0.159. The molecule has 3 aliphatic carbocycles. The first kappa shape index (κ1) is 47.1. The Morgan fingerprint density at radius 1 is 0.449 bits per heavy atom. The number of rotatable bonds is 2. The average Bonchev–Trinajstić information content (AvgIpc) is 3.62. The first-order valence-corrected chi connectivity index (χ1v) is 27.5. The van der Waals surface area contributed by atoms with E-state index in [-0.39, 0.29) is 50.0 Å². The van der Waals surface area contributed by atoms with Gasteiger partial charge in [-0.2, -0.15) is 0 Å². The van der Waals surface area contributed by atoms with Gasteiger partial charge in [-0.3, -0.25) is 0 Å². The van der Waals surface area contributed by atoms with Crippen molar-refractivity contribution in [2.75, 3.05) is 9.80 Å². The molecule has 0 bridgehead atoms. The summed E-state index contributed by atoms with van der Waals surface area (Å²) in [4.78, 5) is 5.52. The van der Waals surface area contributed by atoms with E-state index in [0.29, 0.717) is 0 Å². The van der Waals surface area contributed by atoms with Crippen LogP contribution in [0.5, 0.6) is 0 Å². The fourth-order valence-electron chi connectivity index (χ4n) is 13.7. The first-order valence-electron chi connectivity index (χ1n) is 26.7. The van der Waals surface area contributed by atoms with Gasteiger partial charge < -0.3 is 9.80 Å². The second kappa shape index (κ2) is 14.4. The summed E-state index contributed by atoms with van der Waals surface area (Å²) in [7, 11) is 0. The summed E-state index contributed by atoms with van der Waals surface area (Å²) in [6.07, 6.45) is 7.18. The molecule has 0 amide bonds. The van der Waals surface area contributed by atoms with Crippen molar-refractivity contribution >= 4 is 78.0 Å². The molecule has 4 heteroatoms. The highest BCUT2D eigenvalue weighted by atomic mass is 32.1. The summed E-state index contributed by atoms with van der Waals surface area (Å²) >= 11 is 2.09. The standard InChI is InChI=1S/C65H81BN2S/c1-38-30-39(58(2,3)4)20-23-50(38)68-53-32-40(59(5,6)7)31-52-55(53)66(57-56(68)42-34-45-48(37-54(42)69-57)65(18,19)29-26-62(45,12)13)49-35-46-47(64(16,17)28-27-63(46,14)15)36-51(49)67(52)41-21-22-43-44(33-41)61(10,11)25-24-60(43,8)9/h20-23,30-37H,24-29H2,1-19H3. The smallest absolute Gasteiger partial charge is 0.264 e. The van der Waals surface area contributed by atoms with Crippen molar-refractivity contribution in [3.8, 4) is 0 Å². The van der Waals surface area contributed by atoms with E-state index in [1.54, 1.807) is 11.1 Å². The van der Waals surface area contributed by atoms with Crippen molar-refractivity contribution in [2.24, 2.45) is 0 Å². The summed E-state index contributed by atoms with van der Waals surface area (Å²) in [6, 6.07) is 31.0. The van der Waals surface area contributed by atoms with Crippen LogP contribution in [0.1, 0.15) is 213 Å². The van der Waals surface area contributed by atoms with Gasteiger partial charge in [0.25, 0.3) is 6.71 Å². The Morgan fingerprint density at radius 3 is 1.46 bits per heavy atom. The molecule has 0 saturated heterocycles. The minimum absolute atomic E-state index is 0.0453. The van der Waals surface area contributed by atoms with Gasteiger partial charge in [0.15, 0.2) is 0 Å². The lowest BCUT2D eigenvalue weighted by molar-refractivity contribution is 0.332. The van der Waals surface area contributed by atoms with E-state index in [4.69, 9.17) is 0 Å². The fourth-order valence-corrected chi connectivity index (χ4v) is 15.0. The van der Waals surface area contributed by atoms with E-state index >= 15 is 0 Å². The molecule has 11 rings (SSSR count). The highest BCUT2D eigenvalue weighted by molar-refractivity contribution is 7.33. The Bertz CT molecular complexity index is 3170. The van der Waals surface area contributed by atoms with Crippen LogP contribution in [0.25, 0.3) is 10.1 Å². The second-order valence-corrected chi connectivity index (χ2v) is 29.8. The predicted molar refractivity (Wildman–Crippen MR) is 304 cm³/mol. The van der Waals surface area contributed by atoms with Crippen molar-refractivity contribution < 1.29 is 0 Å². The van der Waals surface area contributed by atoms with Gasteiger partial charge in [0.1, 0.15) is 0 Å². The molecule has 0 unspecified atom stereocenters. The van der Waals surface area contributed by atoms with Crippen molar-refractivity contribution in [3.63, 3.8) is 0 Å². The Labute approximate surface area is 421 Å². The molecule has 0 saturated carbocycles. The number of thiophene rings is 1. The molecule has 360 valence electrons. The van der Waals surface area contributed by atoms with Gasteiger partial charge in [0.2, 0.25) is 0 Å². The van der Waals surface area contributed by atoms with Crippen LogP contribution in [0.4, 0.5) is 34.1 Å². The number of anilines is 6. The van der Waals surface area contributed by atoms with E-state index in [1.807, 2.05) is 0 Å². The molecule has 3 heterocycles. The monoisotopic (exact) mass is 933 g/mol. The van der Waals surface area contributed by atoms with Crippen LogP contribution < -0.4 is 25.5 Å². The van der Waals surface area contributed by atoms with Gasteiger partial charge in [-0.15, -0.1) is 11.3 Å². The van der Waals surface area contributed by atoms with E-state index in [0.717, 1.165) is 0 Å². The van der Waals surface area contributed by atoms with Crippen molar-refractivity contribution in [3.05, 3.63) is 123 Å². The number of hydrogen-bond donors (Lipinski definition) is 0. The third-order valence-corrected chi connectivity index (χ3v) is 20.1. The highest BCUT2D eigenvalue weighted by Crippen LogP contribution is 2.56. The number of hydrogen-bond acceptors (Lipinski definition) is 3. The first-order chi connectivity index (χ1) is 31.8. The zero-order valence-corrected chi connectivity index (χ0v) is 46.9. The summed E-state index contributed by atoms with van der Waals surface area (Å²) in [5.41, 5.74) is 24.7. The van der Waals surface area contributed by atoms with Crippen LogP contribution >= 0.6 is 11.3 Å². The second-order valence-electron chi connectivity index (χ2n) is 28.7. The minimum atomic E-state index is -0.0980. The SMILES string of the molecule is Cc1cc(C(C)(C)C)ccc1N1c2cc(C(C)(C)C)cc3c2B(c2cc4c(cc2N3c2ccc3c(c2)C(C)(C)CCC3(C)C)C(C)(C)CCC4(C)C)c2sc3cc4c(cc3c21)C(C)(C)CCC4(C)C. The summed E-state index contributed by atoms with van der Waals surface area (Å²) in [5, 5.41) is 1.41. The van der Waals surface area contributed by atoms with Crippen LogP contribution in [-0.2, 0) is 43.3 Å². The lowest BCUT2D eigenvalue weighted by Gasteiger charge is -2.48. The molecule has 1 aromatic heterocycles. The number of nitrogens with zero attached hydrogens (tertiary/aromatic N) is 2. The molecular formula is C65H81BN2S. The van der Waals surface area contributed by atoms with Gasteiger partial charge in [-0.25, -0.2) is 0 Å². The fraction of sp³-hybridized carbons (Fsp3) is 0.508. The van der Waals surface area contributed by atoms with E-state index < -0.39 is 0 Å². The van der Waals surface area contributed by atoms with Crippen LogP contribution in [0.2, 0.25) is 0 Å². The molecule has 6 aromatic rings. The van der Waals surface area contributed by atoms with Crippen molar-refractivity contribution in [2.45, 2.75) is 213 Å². The molecule has 5 aliphatic rings.